The van der Waals surface area contributed by atoms with Gasteiger partial charge >= 0.3 is 13.8 Å². The van der Waals surface area contributed by atoms with E-state index in [0.717, 1.165) is 38.5 Å². The van der Waals surface area contributed by atoms with Crippen LogP contribution in [0.3, 0.4) is 0 Å². The molecule has 6 atom stereocenters. The molecule has 6 N–H and O–H groups in total. The molecule has 1 aliphatic carbocycles. The topological polar surface area (TPSA) is 192 Å². The summed E-state index contributed by atoms with van der Waals surface area (Å²) in [4.78, 5) is 22.8. The first kappa shape index (κ1) is 41.4. The second kappa shape index (κ2) is 24.5. The minimum Gasteiger partial charge on any atom is -0.457 e. The number of carbonyl (C=O) groups is 1. The number of unbranched alkanes of at least 4 members (excludes halogenated alkanes) is 15. The summed E-state index contributed by atoms with van der Waals surface area (Å²) in [6.45, 7) is 4.16. The van der Waals surface area contributed by atoms with Crippen LogP contribution in [0, 0.1) is 0 Å². The van der Waals surface area contributed by atoms with Gasteiger partial charge in [-0.05, 0) is 12.8 Å². The molecule has 1 rings (SSSR count). The molecule has 0 aromatic rings. The van der Waals surface area contributed by atoms with Crippen LogP contribution in [0.4, 0.5) is 0 Å². The van der Waals surface area contributed by atoms with Crippen molar-refractivity contribution in [2.45, 2.75) is 172 Å². The van der Waals surface area contributed by atoms with Gasteiger partial charge in [0.25, 0.3) is 0 Å². The predicted octanol–water partition coefficient (Wildman–Crippen LogP) is 4.30. The van der Waals surface area contributed by atoms with Crippen LogP contribution in [0.15, 0.2) is 0 Å². The molecule has 0 aliphatic heterocycles. The lowest BCUT2D eigenvalue weighted by Gasteiger charge is -2.41. The molecule has 12 nitrogen and oxygen atoms in total. The summed E-state index contributed by atoms with van der Waals surface area (Å²) in [5.74, 6) is -0.482. The summed E-state index contributed by atoms with van der Waals surface area (Å²) < 4.78 is 33.7. The van der Waals surface area contributed by atoms with E-state index in [0.29, 0.717) is 13.0 Å². The first-order valence-electron chi connectivity index (χ1n) is 16.9. The Bertz CT molecular complexity index is 756. The Labute approximate surface area is 264 Å². The van der Waals surface area contributed by atoms with Gasteiger partial charge in [-0.1, -0.05) is 110 Å². The minimum atomic E-state index is -4.99. The highest BCUT2D eigenvalue weighted by molar-refractivity contribution is 7.47. The summed E-state index contributed by atoms with van der Waals surface area (Å²) in [5, 5.41) is 49.7. The number of phosphoric ester groups is 1. The van der Waals surface area contributed by atoms with Crippen LogP contribution in [-0.4, -0.2) is 98.9 Å². The number of carbonyl (C=O) groups excluding carboxylic acids is 1. The Hall–Kier alpha value is -0.660. The maximum absolute atomic E-state index is 12.6. The normalized spacial score (nSPS) is 25.9. The maximum atomic E-state index is 12.6. The first-order valence-corrected chi connectivity index (χ1v) is 18.4. The average molecular weight is 657 g/mol. The van der Waals surface area contributed by atoms with E-state index in [1.165, 1.54) is 64.2 Å². The standard InChI is InChI=1S/C31H61O12P/c1-3-5-7-9-11-13-14-16-18-20-25(32)42-24(22-40-21-19-17-15-12-10-8-6-4-2)23-41-44(38,39)43-31-29(36)27(34)26(33)28(35)30(31)37/h24,26-31,33-37H,3-23H2,1-2H3,(H,38,39). The monoisotopic (exact) mass is 656 g/mol. The molecule has 0 aromatic heterocycles. The Morgan fingerprint density at radius 2 is 1.07 bits per heavy atom. The van der Waals surface area contributed by atoms with Gasteiger partial charge in [0.1, 0.15) is 42.7 Å². The van der Waals surface area contributed by atoms with E-state index < -0.39 is 63.1 Å². The van der Waals surface area contributed by atoms with Crippen molar-refractivity contribution in [3.05, 3.63) is 0 Å². The Morgan fingerprint density at radius 3 is 1.57 bits per heavy atom. The molecule has 262 valence electrons. The van der Waals surface area contributed by atoms with Crippen molar-refractivity contribution < 1.29 is 58.3 Å². The van der Waals surface area contributed by atoms with Crippen LogP contribution in [0.5, 0.6) is 0 Å². The Balaban J connectivity index is 2.55. The molecular formula is C31H61O12P. The quantitative estimate of drug-likeness (QED) is 0.0418. The van der Waals surface area contributed by atoms with E-state index in [1.54, 1.807) is 0 Å². The molecule has 1 saturated carbocycles. The van der Waals surface area contributed by atoms with Crippen LogP contribution in [-0.2, 0) is 27.9 Å². The van der Waals surface area contributed by atoms with Crippen LogP contribution in [0.2, 0.25) is 0 Å². The zero-order valence-corrected chi connectivity index (χ0v) is 27.9. The van der Waals surface area contributed by atoms with Gasteiger partial charge in [-0.15, -0.1) is 0 Å². The number of ether oxygens (including phenoxy) is 2. The van der Waals surface area contributed by atoms with Gasteiger partial charge in [0.05, 0.1) is 13.2 Å². The summed E-state index contributed by atoms with van der Waals surface area (Å²) in [6, 6.07) is 0. The van der Waals surface area contributed by atoms with Gasteiger partial charge in [0.2, 0.25) is 0 Å². The molecule has 1 fully saturated rings. The zero-order valence-electron chi connectivity index (χ0n) is 27.0. The third-order valence-corrected chi connectivity index (χ3v) is 8.97. The van der Waals surface area contributed by atoms with Gasteiger partial charge in [0.15, 0.2) is 0 Å². The van der Waals surface area contributed by atoms with Gasteiger partial charge in [-0.25, -0.2) is 4.57 Å². The molecule has 1 aliphatic rings. The van der Waals surface area contributed by atoms with E-state index in [-0.39, 0.29) is 13.0 Å². The number of rotatable bonds is 27. The highest BCUT2D eigenvalue weighted by atomic mass is 31.2. The van der Waals surface area contributed by atoms with E-state index >= 15 is 0 Å². The minimum absolute atomic E-state index is 0.0711. The molecular weight excluding hydrogens is 595 g/mol. The van der Waals surface area contributed by atoms with Gasteiger partial charge < -0.3 is 39.9 Å². The Kier molecular flexibility index (Phi) is 23.0. The van der Waals surface area contributed by atoms with Crippen molar-refractivity contribution in [1.82, 2.24) is 0 Å². The van der Waals surface area contributed by atoms with Crippen molar-refractivity contribution >= 4 is 13.8 Å². The number of phosphoric acid groups is 1. The van der Waals surface area contributed by atoms with E-state index in [4.69, 9.17) is 18.5 Å². The smallest absolute Gasteiger partial charge is 0.457 e. The number of hydrogen-bond donors (Lipinski definition) is 6. The summed E-state index contributed by atoms with van der Waals surface area (Å²) in [5.41, 5.74) is 0. The third-order valence-electron chi connectivity index (χ3n) is 7.98. The molecule has 44 heavy (non-hydrogen) atoms. The van der Waals surface area contributed by atoms with Crippen LogP contribution < -0.4 is 0 Å². The van der Waals surface area contributed by atoms with Gasteiger partial charge in [-0.2, -0.15) is 0 Å². The van der Waals surface area contributed by atoms with Gasteiger partial charge in [-0.3, -0.25) is 13.8 Å². The van der Waals surface area contributed by atoms with Crippen molar-refractivity contribution in [2.75, 3.05) is 19.8 Å². The molecule has 0 amide bonds. The number of hydrogen-bond acceptors (Lipinski definition) is 11. The van der Waals surface area contributed by atoms with E-state index in [9.17, 15) is 39.8 Å². The number of aliphatic hydroxyl groups is 5. The van der Waals surface area contributed by atoms with Crippen molar-refractivity contribution in [2.24, 2.45) is 0 Å². The molecule has 0 radical (unpaired) electrons. The first-order chi connectivity index (χ1) is 21.0. The molecule has 0 saturated heterocycles. The molecule has 0 heterocycles. The van der Waals surface area contributed by atoms with Crippen LogP contribution in [0.1, 0.15) is 129 Å². The molecule has 0 spiro atoms. The van der Waals surface area contributed by atoms with Crippen LogP contribution in [0.25, 0.3) is 0 Å². The lowest BCUT2D eigenvalue weighted by molar-refractivity contribution is -0.220. The van der Waals surface area contributed by atoms with Gasteiger partial charge in [0, 0.05) is 13.0 Å². The second-order valence-electron chi connectivity index (χ2n) is 12.0. The lowest BCUT2D eigenvalue weighted by Crippen LogP contribution is -2.64. The zero-order chi connectivity index (χ0) is 32.8. The fourth-order valence-electron chi connectivity index (χ4n) is 5.18. The average Bonchev–Trinajstić information content (AvgIpc) is 3.00. The Morgan fingerprint density at radius 1 is 0.636 bits per heavy atom. The van der Waals surface area contributed by atoms with Crippen molar-refractivity contribution in [1.29, 1.82) is 0 Å². The molecule has 0 bridgehead atoms. The number of aliphatic hydroxyl groups excluding tert-OH is 5. The highest BCUT2D eigenvalue weighted by Crippen LogP contribution is 2.47. The lowest BCUT2D eigenvalue weighted by atomic mass is 9.85. The summed E-state index contributed by atoms with van der Waals surface area (Å²) in [6.07, 6.45) is 6.48. The van der Waals surface area contributed by atoms with Crippen molar-refractivity contribution in [3.63, 3.8) is 0 Å². The second-order valence-corrected chi connectivity index (χ2v) is 13.4. The molecule has 13 heteroatoms. The molecule has 0 aromatic carbocycles. The van der Waals surface area contributed by atoms with E-state index in [1.807, 2.05) is 0 Å². The fraction of sp³-hybridized carbons (Fsp3) is 0.968. The fourth-order valence-corrected chi connectivity index (χ4v) is 6.15. The largest absolute Gasteiger partial charge is 0.472 e. The maximum Gasteiger partial charge on any atom is 0.472 e. The van der Waals surface area contributed by atoms with E-state index in [2.05, 4.69) is 13.8 Å². The van der Waals surface area contributed by atoms with Crippen molar-refractivity contribution in [3.8, 4) is 0 Å². The highest BCUT2D eigenvalue weighted by Gasteiger charge is 2.51. The molecule has 6 unspecified atom stereocenters. The number of esters is 1. The predicted molar refractivity (Wildman–Crippen MR) is 166 cm³/mol. The third kappa shape index (κ3) is 17.9. The summed E-state index contributed by atoms with van der Waals surface area (Å²) >= 11 is 0. The summed E-state index contributed by atoms with van der Waals surface area (Å²) in [7, 11) is -4.99. The van der Waals surface area contributed by atoms with Crippen LogP contribution >= 0.6 is 7.82 Å². The SMILES string of the molecule is CCCCCCCCCCCC(=O)OC(COCCCCCCCCCC)COP(=O)(O)OC1C(O)C(O)C(O)C(O)C1O.